The van der Waals surface area contributed by atoms with Crippen LogP contribution in [0.1, 0.15) is 0 Å². The third-order valence-electron chi connectivity index (χ3n) is 0.817. The Labute approximate surface area is 66.0 Å². The molecule has 11 heavy (non-hydrogen) atoms. The minimum absolute atomic E-state index is 0.131. The van der Waals surface area contributed by atoms with Crippen molar-refractivity contribution in [1.29, 1.82) is 0 Å². The van der Waals surface area contributed by atoms with E-state index in [9.17, 15) is 8.78 Å². The van der Waals surface area contributed by atoms with Crippen LogP contribution < -0.4 is 4.74 Å². The molecule has 0 radical (unpaired) electrons. The summed E-state index contributed by atoms with van der Waals surface area (Å²) >= 11 is 5.33. The van der Waals surface area contributed by atoms with Crippen LogP contribution in [0.3, 0.4) is 0 Å². The lowest BCUT2D eigenvalue weighted by Gasteiger charge is -2.00. The highest BCUT2D eigenvalue weighted by Gasteiger charge is 2.04. The van der Waals surface area contributed by atoms with Crippen molar-refractivity contribution < 1.29 is 13.5 Å². The van der Waals surface area contributed by atoms with Gasteiger partial charge in [0.2, 0.25) is 5.88 Å². The van der Waals surface area contributed by atoms with E-state index in [2.05, 4.69) is 14.9 Å². The topological polar surface area (TPSA) is 35.0 Å². The van der Waals surface area contributed by atoms with Gasteiger partial charge in [0.15, 0.2) is 5.15 Å². The highest BCUT2D eigenvalue weighted by molar-refractivity contribution is 6.29. The van der Waals surface area contributed by atoms with E-state index in [-0.39, 0.29) is 11.0 Å². The fourth-order valence-electron chi connectivity index (χ4n) is 0.458. The van der Waals surface area contributed by atoms with Gasteiger partial charge in [-0.25, -0.2) is 0 Å². The number of alkyl halides is 2. The van der Waals surface area contributed by atoms with Crippen LogP contribution in [-0.4, -0.2) is 16.8 Å². The maximum absolute atomic E-state index is 11.5. The molecule has 1 heterocycles. The van der Waals surface area contributed by atoms with Gasteiger partial charge >= 0.3 is 6.61 Å². The predicted octanol–water partition coefficient (Wildman–Crippen LogP) is 1.73. The Morgan fingerprint density at radius 3 is 2.55 bits per heavy atom. The lowest BCUT2D eigenvalue weighted by atomic mass is 10.6. The third kappa shape index (κ3) is 2.63. The molecule has 0 unspecified atom stereocenters. The van der Waals surface area contributed by atoms with Crippen LogP contribution >= 0.6 is 11.6 Å². The van der Waals surface area contributed by atoms with E-state index >= 15 is 0 Å². The zero-order valence-corrected chi connectivity index (χ0v) is 5.92. The van der Waals surface area contributed by atoms with E-state index in [4.69, 9.17) is 11.6 Å². The van der Waals surface area contributed by atoms with Gasteiger partial charge in [0, 0.05) is 6.07 Å². The quantitative estimate of drug-likeness (QED) is 0.695. The molecule has 0 saturated carbocycles. The number of hydrogen-bond donors (Lipinski definition) is 0. The van der Waals surface area contributed by atoms with Crippen LogP contribution in [0.15, 0.2) is 12.1 Å². The van der Waals surface area contributed by atoms with Gasteiger partial charge in [0.25, 0.3) is 0 Å². The predicted molar refractivity (Wildman–Crippen MR) is 33.7 cm³/mol. The standard InChI is InChI=1S/C5H3ClF2N2O/c6-3-1-2-4(10-9-3)11-5(7)8/h1-2,5H. The largest absolute Gasteiger partial charge is 0.415 e. The molecule has 0 aliphatic carbocycles. The Hall–Kier alpha value is -0.970. The maximum atomic E-state index is 11.5. The Kier molecular flexibility index (Phi) is 2.53. The molecule has 0 bridgehead atoms. The average Bonchev–Trinajstić information content (AvgIpc) is 1.93. The van der Waals surface area contributed by atoms with Gasteiger partial charge in [-0.15, -0.1) is 10.2 Å². The van der Waals surface area contributed by atoms with Gasteiger partial charge in [0.1, 0.15) is 0 Å². The molecule has 1 aromatic heterocycles. The summed E-state index contributed by atoms with van der Waals surface area (Å²) in [5.74, 6) is -0.246. The second-order valence-electron chi connectivity index (χ2n) is 1.57. The van der Waals surface area contributed by atoms with Crippen LogP contribution in [-0.2, 0) is 0 Å². The normalized spacial score (nSPS) is 10.2. The first-order valence-electron chi connectivity index (χ1n) is 2.62. The highest BCUT2D eigenvalue weighted by atomic mass is 35.5. The first-order valence-corrected chi connectivity index (χ1v) is 3.00. The van der Waals surface area contributed by atoms with Crippen LogP contribution in [0.4, 0.5) is 8.78 Å². The fourth-order valence-corrected chi connectivity index (χ4v) is 0.559. The number of halogens is 3. The molecule has 0 amide bonds. The molecule has 0 aliphatic rings. The van der Waals surface area contributed by atoms with E-state index in [1.807, 2.05) is 0 Å². The zero-order chi connectivity index (χ0) is 8.27. The van der Waals surface area contributed by atoms with Gasteiger partial charge < -0.3 is 4.74 Å². The van der Waals surface area contributed by atoms with Crippen molar-refractivity contribution >= 4 is 11.6 Å². The smallest absolute Gasteiger partial charge is 0.388 e. The summed E-state index contributed by atoms with van der Waals surface area (Å²) in [5.41, 5.74) is 0. The molecule has 0 spiro atoms. The summed E-state index contributed by atoms with van der Waals surface area (Å²) in [7, 11) is 0. The van der Waals surface area contributed by atoms with Crippen LogP contribution in [0.5, 0.6) is 5.88 Å². The third-order valence-corrected chi connectivity index (χ3v) is 1.02. The molecule has 0 fully saturated rings. The van der Waals surface area contributed by atoms with Gasteiger partial charge in [-0.05, 0) is 6.07 Å². The van der Waals surface area contributed by atoms with Crippen molar-refractivity contribution in [2.75, 3.05) is 0 Å². The first-order chi connectivity index (χ1) is 5.18. The van der Waals surface area contributed by atoms with Crippen molar-refractivity contribution in [2.24, 2.45) is 0 Å². The van der Waals surface area contributed by atoms with Crippen molar-refractivity contribution in [3.05, 3.63) is 17.3 Å². The Morgan fingerprint density at radius 1 is 1.36 bits per heavy atom. The van der Waals surface area contributed by atoms with E-state index in [1.54, 1.807) is 0 Å². The molecule has 0 aliphatic heterocycles. The molecule has 1 rings (SSSR count). The maximum Gasteiger partial charge on any atom is 0.388 e. The molecule has 0 atom stereocenters. The number of rotatable bonds is 2. The minimum Gasteiger partial charge on any atom is -0.415 e. The molecule has 0 aromatic carbocycles. The average molecular weight is 181 g/mol. The van der Waals surface area contributed by atoms with Crippen LogP contribution in [0.2, 0.25) is 5.15 Å². The van der Waals surface area contributed by atoms with Crippen LogP contribution in [0.25, 0.3) is 0 Å². The van der Waals surface area contributed by atoms with E-state index in [0.717, 1.165) is 0 Å². The number of hydrogen-bond acceptors (Lipinski definition) is 3. The summed E-state index contributed by atoms with van der Waals surface area (Å²) < 4.78 is 26.9. The van der Waals surface area contributed by atoms with Crippen molar-refractivity contribution in [3.63, 3.8) is 0 Å². The van der Waals surface area contributed by atoms with Crippen LogP contribution in [0, 0.1) is 0 Å². The second-order valence-corrected chi connectivity index (χ2v) is 1.96. The molecule has 3 nitrogen and oxygen atoms in total. The summed E-state index contributed by atoms with van der Waals surface area (Å²) in [6, 6.07) is 2.52. The lowest BCUT2D eigenvalue weighted by Crippen LogP contribution is -2.03. The SMILES string of the molecule is FC(F)Oc1ccc(Cl)nn1. The minimum atomic E-state index is -2.88. The van der Waals surface area contributed by atoms with Crippen molar-refractivity contribution in [3.8, 4) is 5.88 Å². The molecular formula is C5H3ClF2N2O. The monoisotopic (exact) mass is 180 g/mol. The molecule has 0 saturated heterocycles. The number of ether oxygens (including phenoxy) is 1. The second kappa shape index (κ2) is 3.43. The van der Waals surface area contributed by atoms with E-state index < -0.39 is 6.61 Å². The highest BCUT2D eigenvalue weighted by Crippen LogP contribution is 2.10. The van der Waals surface area contributed by atoms with Gasteiger partial charge in [0.05, 0.1) is 0 Å². The van der Waals surface area contributed by atoms with Gasteiger partial charge in [-0.3, -0.25) is 0 Å². The Balaban J connectivity index is 2.66. The summed E-state index contributed by atoms with van der Waals surface area (Å²) in [6.45, 7) is -2.88. The number of nitrogens with zero attached hydrogens (tertiary/aromatic N) is 2. The summed E-state index contributed by atoms with van der Waals surface area (Å²) in [4.78, 5) is 0. The van der Waals surface area contributed by atoms with Gasteiger partial charge in [-0.2, -0.15) is 8.78 Å². The Bertz CT molecular complexity index is 228. The lowest BCUT2D eigenvalue weighted by molar-refractivity contribution is -0.0534. The van der Waals surface area contributed by atoms with E-state index in [0.29, 0.717) is 0 Å². The molecular weight excluding hydrogens is 178 g/mol. The van der Waals surface area contributed by atoms with Crippen molar-refractivity contribution in [1.82, 2.24) is 10.2 Å². The van der Waals surface area contributed by atoms with Gasteiger partial charge in [-0.1, -0.05) is 11.6 Å². The summed E-state index contributed by atoms with van der Waals surface area (Å²) in [5, 5.41) is 6.65. The fraction of sp³-hybridized carbons (Fsp3) is 0.200. The Morgan fingerprint density at radius 2 is 2.09 bits per heavy atom. The molecule has 60 valence electrons. The van der Waals surface area contributed by atoms with E-state index in [1.165, 1.54) is 12.1 Å². The number of aromatic nitrogens is 2. The first kappa shape index (κ1) is 8.13. The summed E-state index contributed by atoms with van der Waals surface area (Å²) in [6.07, 6.45) is 0. The molecule has 6 heteroatoms. The zero-order valence-electron chi connectivity index (χ0n) is 5.17. The molecule has 1 aromatic rings. The van der Waals surface area contributed by atoms with Crippen molar-refractivity contribution in [2.45, 2.75) is 6.61 Å². The molecule has 0 N–H and O–H groups in total.